The number of nitrogens with zero attached hydrogens (tertiary/aromatic N) is 1. The van der Waals surface area contributed by atoms with Crippen molar-refractivity contribution in [2.75, 3.05) is 39.4 Å². The Morgan fingerprint density at radius 2 is 2.23 bits per heavy atom. The maximum absolute atomic E-state index is 12.2. The quantitative estimate of drug-likeness (QED) is 0.755. The molecule has 0 unspecified atom stereocenters. The third-order valence-corrected chi connectivity index (χ3v) is 4.56. The van der Waals surface area contributed by atoms with E-state index >= 15 is 0 Å². The van der Waals surface area contributed by atoms with Gasteiger partial charge in [0.1, 0.15) is 5.56 Å². The molecule has 0 spiro atoms. The number of carbonyl (C=O) groups excluding carboxylic acids is 1. The summed E-state index contributed by atoms with van der Waals surface area (Å²) in [5, 5.41) is 14.6. The number of H-pyrrole nitrogens is 1. The number of pyridine rings is 1. The van der Waals surface area contributed by atoms with Gasteiger partial charge in [-0.05, 0) is 11.4 Å². The summed E-state index contributed by atoms with van der Waals surface area (Å²) in [6, 6.07) is 1.70. The molecule has 1 amide bonds. The second-order valence-electron chi connectivity index (χ2n) is 5.05. The first-order valence-electron chi connectivity index (χ1n) is 7.07. The fraction of sp³-hybridized carbons (Fsp3) is 0.429. The number of ether oxygens (including phenoxy) is 1. The lowest BCUT2D eigenvalue weighted by atomic mass is 10.2. The van der Waals surface area contributed by atoms with Gasteiger partial charge in [0, 0.05) is 26.2 Å². The Morgan fingerprint density at radius 3 is 3.00 bits per heavy atom. The Hall–Kier alpha value is -1.90. The summed E-state index contributed by atoms with van der Waals surface area (Å²) >= 11 is 1.28. The molecule has 0 aliphatic carbocycles. The maximum Gasteiger partial charge on any atom is 0.265 e. The number of nitrogens with one attached hydrogen (secondary N) is 2. The smallest absolute Gasteiger partial charge is 0.265 e. The average molecular weight is 323 g/mol. The summed E-state index contributed by atoms with van der Waals surface area (Å²) < 4.78 is 5.77. The first-order chi connectivity index (χ1) is 10.7. The summed E-state index contributed by atoms with van der Waals surface area (Å²) in [5.41, 5.74) is -0.262. The lowest BCUT2D eigenvalue weighted by Gasteiger charge is -2.26. The average Bonchev–Trinajstić information content (AvgIpc) is 2.97. The van der Waals surface area contributed by atoms with Crippen LogP contribution in [-0.2, 0) is 4.74 Å². The van der Waals surface area contributed by atoms with Gasteiger partial charge in [-0.2, -0.15) is 0 Å². The first-order valence-corrected chi connectivity index (χ1v) is 7.95. The number of hydrogen-bond donors (Lipinski definition) is 3. The van der Waals surface area contributed by atoms with Crippen LogP contribution in [0.5, 0.6) is 5.75 Å². The zero-order chi connectivity index (χ0) is 15.5. The van der Waals surface area contributed by atoms with Gasteiger partial charge in [0.15, 0.2) is 5.75 Å². The van der Waals surface area contributed by atoms with E-state index < -0.39 is 11.5 Å². The summed E-state index contributed by atoms with van der Waals surface area (Å²) in [7, 11) is 0. The minimum atomic E-state index is -0.577. The third-order valence-electron chi connectivity index (χ3n) is 3.64. The molecule has 2 aromatic rings. The SMILES string of the molecule is O=C(NCCN1CCOCC1)c1c(O)c2sccc2[nH]c1=O. The molecule has 1 aliphatic heterocycles. The van der Waals surface area contributed by atoms with Crippen LogP contribution >= 0.6 is 11.3 Å². The van der Waals surface area contributed by atoms with Crippen molar-refractivity contribution in [3.63, 3.8) is 0 Å². The number of morpholine rings is 1. The van der Waals surface area contributed by atoms with Crippen LogP contribution in [-0.4, -0.2) is 60.3 Å². The second-order valence-corrected chi connectivity index (χ2v) is 5.97. The highest BCUT2D eigenvalue weighted by atomic mass is 32.1. The molecule has 1 fully saturated rings. The number of aromatic nitrogens is 1. The van der Waals surface area contributed by atoms with Crippen molar-refractivity contribution in [3.8, 4) is 5.75 Å². The van der Waals surface area contributed by atoms with Gasteiger partial charge in [-0.15, -0.1) is 11.3 Å². The largest absolute Gasteiger partial charge is 0.505 e. The van der Waals surface area contributed by atoms with E-state index in [4.69, 9.17) is 4.74 Å². The molecule has 0 aromatic carbocycles. The summed E-state index contributed by atoms with van der Waals surface area (Å²) in [6.45, 7) is 4.17. The minimum absolute atomic E-state index is 0.225. The Bertz CT molecular complexity index is 733. The van der Waals surface area contributed by atoms with Crippen LogP contribution in [0.1, 0.15) is 10.4 Å². The summed E-state index contributed by atoms with van der Waals surface area (Å²) in [6.07, 6.45) is 0. The van der Waals surface area contributed by atoms with Gasteiger partial charge in [-0.1, -0.05) is 0 Å². The molecule has 0 saturated carbocycles. The number of rotatable bonds is 4. The predicted octanol–water partition coefficient (Wildman–Crippen LogP) is 0.357. The molecule has 0 radical (unpaired) electrons. The van der Waals surface area contributed by atoms with Crippen LogP contribution in [0.4, 0.5) is 0 Å². The molecule has 0 atom stereocenters. The Kier molecular flexibility index (Phi) is 4.41. The van der Waals surface area contributed by atoms with E-state index in [0.717, 1.165) is 13.1 Å². The van der Waals surface area contributed by atoms with Gasteiger partial charge in [-0.3, -0.25) is 14.5 Å². The Labute approximate surface area is 130 Å². The molecule has 2 aromatic heterocycles. The van der Waals surface area contributed by atoms with Crippen molar-refractivity contribution >= 4 is 27.5 Å². The Balaban J connectivity index is 1.68. The molecular weight excluding hydrogens is 306 g/mol. The van der Waals surface area contributed by atoms with Gasteiger partial charge < -0.3 is 20.1 Å². The van der Waals surface area contributed by atoms with Crippen molar-refractivity contribution in [1.82, 2.24) is 15.2 Å². The van der Waals surface area contributed by atoms with Crippen molar-refractivity contribution in [3.05, 3.63) is 27.4 Å². The maximum atomic E-state index is 12.2. The number of carbonyl (C=O) groups is 1. The number of hydrogen-bond acceptors (Lipinski definition) is 6. The highest BCUT2D eigenvalue weighted by Crippen LogP contribution is 2.29. The van der Waals surface area contributed by atoms with Crippen molar-refractivity contribution < 1.29 is 14.6 Å². The van der Waals surface area contributed by atoms with Gasteiger partial charge >= 0.3 is 0 Å². The highest BCUT2D eigenvalue weighted by Gasteiger charge is 2.20. The van der Waals surface area contributed by atoms with E-state index in [9.17, 15) is 14.7 Å². The van der Waals surface area contributed by atoms with E-state index in [2.05, 4.69) is 15.2 Å². The Morgan fingerprint density at radius 1 is 1.45 bits per heavy atom. The number of aromatic hydroxyl groups is 1. The van der Waals surface area contributed by atoms with Crippen LogP contribution in [0, 0.1) is 0 Å². The molecule has 3 heterocycles. The van der Waals surface area contributed by atoms with Crippen molar-refractivity contribution in [2.24, 2.45) is 0 Å². The predicted molar refractivity (Wildman–Crippen MR) is 83.7 cm³/mol. The van der Waals surface area contributed by atoms with Crippen molar-refractivity contribution in [2.45, 2.75) is 0 Å². The van der Waals surface area contributed by atoms with E-state index in [-0.39, 0.29) is 11.3 Å². The molecule has 1 saturated heterocycles. The van der Waals surface area contributed by atoms with Crippen LogP contribution < -0.4 is 10.9 Å². The molecule has 8 heteroatoms. The molecule has 118 valence electrons. The molecule has 22 heavy (non-hydrogen) atoms. The fourth-order valence-electron chi connectivity index (χ4n) is 2.45. The molecule has 3 rings (SSSR count). The molecule has 0 bridgehead atoms. The minimum Gasteiger partial charge on any atom is -0.505 e. The second kappa shape index (κ2) is 6.47. The van der Waals surface area contributed by atoms with Gasteiger partial charge in [0.05, 0.1) is 23.4 Å². The molecular formula is C14H17N3O4S. The van der Waals surface area contributed by atoms with E-state index in [0.29, 0.717) is 36.5 Å². The standard InChI is InChI=1S/C14H17N3O4S/c18-11-10(14(20)16-9-1-8-22-12(9)11)13(19)15-2-3-17-4-6-21-7-5-17/h1,8H,2-7H2,(H,15,19)(H2,16,18,20). The molecule has 1 aliphatic rings. The lowest BCUT2D eigenvalue weighted by molar-refractivity contribution is 0.0383. The summed E-state index contributed by atoms with van der Waals surface area (Å²) in [5.74, 6) is -0.806. The van der Waals surface area contributed by atoms with E-state index in [1.807, 2.05) is 0 Å². The number of aromatic amines is 1. The van der Waals surface area contributed by atoms with Crippen LogP contribution in [0.25, 0.3) is 10.2 Å². The number of amides is 1. The summed E-state index contributed by atoms with van der Waals surface area (Å²) in [4.78, 5) is 28.9. The zero-order valence-corrected chi connectivity index (χ0v) is 12.7. The third kappa shape index (κ3) is 2.99. The van der Waals surface area contributed by atoms with Gasteiger partial charge in [0.2, 0.25) is 0 Å². The van der Waals surface area contributed by atoms with Gasteiger partial charge in [-0.25, -0.2) is 0 Å². The normalized spacial score (nSPS) is 16.0. The fourth-order valence-corrected chi connectivity index (χ4v) is 3.25. The van der Waals surface area contributed by atoms with Crippen LogP contribution in [0.15, 0.2) is 16.2 Å². The highest BCUT2D eigenvalue weighted by molar-refractivity contribution is 7.17. The van der Waals surface area contributed by atoms with Gasteiger partial charge in [0.25, 0.3) is 11.5 Å². The van der Waals surface area contributed by atoms with Crippen LogP contribution in [0.2, 0.25) is 0 Å². The monoisotopic (exact) mass is 323 g/mol. The van der Waals surface area contributed by atoms with Crippen LogP contribution in [0.3, 0.4) is 0 Å². The molecule has 3 N–H and O–H groups in total. The molecule has 7 nitrogen and oxygen atoms in total. The topological polar surface area (TPSA) is 94.7 Å². The lowest BCUT2D eigenvalue weighted by Crippen LogP contribution is -2.42. The van der Waals surface area contributed by atoms with Crippen molar-refractivity contribution in [1.29, 1.82) is 0 Å². The van der Waals surface area contributed by atoms with E-state index in [1.54, 1.807) is 11.4 Å². The van der Waals surface area contributed by atoms with E-state index in [1.165, 1.54) is 11.3 Å². The first kappa shape index (κ1) is 15.0. The number of thiophene rings is 1. The number of fused-ring (bicyclic) bond motifs is 1. The zero-order valence-electron chi connectivity index (χ0n) is 11.9.